The number of nitrogens with one attached hydrogen (secondary N) is 1. The van der Waals surface area contributed by atoms with E-state index < -0.39 is 10.0 Å². The predicted octanol–water partition coefficient (Wildman–Crippen LogP) is 2.27. The highest BCUT2D eigenvalue weighted by Crippen LogP contribution is 2.25. The summed E-state index contributed by atoms with van der Waals surface area (Å²) in [5, 5.41) is 0. The zero-order chi connectivity index (χ0) is 17.2. The number of thiophene rings is 1. The topological polar surface area (TPSA) is 86.1 Å². The van der Waals surface area contributed by atoms with E-state index in [1.165, 1.54) is 6.07 Å². The molecule has 3 rings (SSSR count). The summed E-state index contributed by atoms with van der Waals surface area (Å²) in [4.78, 5) is 8.78. The summed E-state index contributed by atoms with van der Waals surface area (Å²) in [6, 6.07) is 6.66. The standard InChI is InChI=1S/C14H15ClN4O3S2/c1-22-8-7-19-12(18-10-3-2-6-16-14(10)19)9-17-24(20,21)13-5-4-11(15)23-13/h2-6,17H,7-9H2,1H3. The summed E-state index contributed by atoms with van der Waals surface area (Å²) in [6.45, 7) is 1.06. The Labute approximate surface area is 148 Å². The maximum absolute atomic E-state index is 12.3. The molecule has 0 spiro atoms. The quantitative estimate of drug-likeness (QED) is 0.673. The van der Waals surface area contributed by atoms with Crippen LogP contribution < -0.4 is 4.72 Å². The lowest BCUT2D eigenvalue weighted by atomic mass is 10.4. The Kier molecular flexibility index (Phi) is 5.16. The zero-order valence-electron chi connectivity index (χ0n) is 12.8. The predicted molar refractivity (Wildman–Crippen MR) is 92.8 cm³/mol. The minimum absolute atomic E-state index is 0.0535. The largest absolute Gasteiger partial charge is 0.383 e. The third-order valence-electron chi connectivity index (χ3n) is 3.34. The van der Waals surface area contributed by atoms with Gasteiger partial charge in [-0.05, 0) is 24.3 Å². The van der Waals surface area contributed by atoms with Crippen LogP contribution in [0.1, 0.15) is 5.82 Å². The van der Waals surface area contributed by atoms with Crippen molar-refractivity contribution in [2.75, 3.05) is 13.7 Å². The number of fused-ring (bicyclic) bond motifs is 1. The SMILES string of the molecule is COCCn1c(CNS(=O)(=O)c2ccc(Cl)s2)nc2cccnc21. The van der Waals surface area contributed by atoms with Crippen LogP contribution in [0.15, 0.2) is 34.7 Å². The molecule has 0 unspecified atom stereocenters. The highest BCUT2D eigenvalue weighted by molar-refractivity contribution is 7.91. The molecule has 0 saturated heterocycles. The van der Waals surface area contributed by atoms with E-state index in [0.717, 1.165) is 11.3 Å². The van der Waals surface area contributed by atoms with E-state index in [-0.39, 0.29) is 10.8 Å². The molecule has 0 aliphatic heterocycles. The van der Waals surface area contributed by atoms with Crippen LogP contribution >= 0.6 is 22.9 Å². The Hall–Kier alpha value is -1.52. The minimum atomic E-state index is -3.63. The molecule has 24 heavy (non-hydrogen) atoms. The first-order valence-corrected chi connectivity index (χ1v) is 9.73. The molecule has 1 N–H and O–H groups in total. The number of methoxy groups -OCH3 is 1. The average Bonchev–Trinajstić information content (AvgIpc) is 3.15. The fraction of sp³-hybridized carbons (Fsp3) is 0.286. The van der Waals surface area contributed by atoms with Crippen molar-refractivity contribution >= 4 is 44.1 Å². The lowest BCUT2D eigenvalue weighted by Gasteiger charge is -2.09. The molecule has 7 nitrogen and oxygen atoms in total. The second kappa shape index (κ2) is 7.16. The maximum Gasteiger partial charge on any atom is 0.250 e. The van der Waals surface area contributed by atoms with Crippen molar-refractivity contribution in [1.29, 1.82) is 0 Å². The third kappa shape index (κ3) is 3.60. The minimum Gasteiger partial charge on any atom is -0.383 e. The van der Waals surface area contributed by atoms with E-state index in [1.807, 2.05) is 10.6 Å². The summed E-state index contributed by atoms with van der Waals surface area (Å²) in [6.07, 6.45) is 1.68. The molecular formula is C14H15ClN4O3S2. The van der Waals surface area contributed by atoms with Crippen LogP contribution in [0.5, 0.6) is 0 Å². The Bertz CT molecular complexity index is 952. The van der Waals surface area contributed by atoms with Crippen molar-refractivity contribution in [2.45, 2.75) is 17.3 Å². The van der Waals surface area contributed by atoms with E-state index in [2.05, 4.69) is 14.7 Å². The van der Waals surface area contributed by atoms with Crippen LogP contribution in [0, 0.1) is 0 Å². The summed E-state index contributed by atoms with van der Waals surface area (Å²) in [5.41, 5.74) is 1.41. The first-order valence-electron chi connectivity index (χ1n) is 7.05. The zero-order valence-corrected chi connectivity index (χ0v) is 15.2. The fourth-order valence-corrected chi connectivity index (χ4v) is 4.74. The molecular weight excluding hydrogens is 372 g/mol. The van der Waals surface area contributed by atoms with Crippen LogP contribution in [0.2, 0.25) is 4.34 Å². The second-order valence-corrected chi connectivity index (χ2v) is 8.61. The molecule has 10 heteroatoms. The Morgan fingerprint density at radius 2 is 2.21 bits per heavy atom. The monoisotopic (exact) mass is 386 g/mol. The molecule has 0 aliphatic carbocycles. The third-order valence-corrected chi connectivity index (χ3v) is 6.46. The molecule has 3 aromatic rings. The number of nitrogens with zero attached hydrogens (tertiary/aromatic N) is 3. The number of halogens is 1. The molecule has 0 bridgehead atoms. The van der Waals surface area contributed by atoms with E-state index in [4.69, 9.17) is 16.3 Å². The first-order chi connectivity index (χ1) is 11.5. The molecule has 128 valence electrons. The van der Waals surface area contributed by atoms with E-state index >= 15 is 0 Å². The van der Waals surface area contributed by atoms with Crippen molar-refractivity contribution in [1.82, 2.24) is 19.3 Å². The maximum atomic E-state index is 12.3. The molecule has 3 heterocycles. The average molecular weight is 387 g/mol. The van der Waals surface area contributed by atoms with Crippen LogP contribution in [-0.4, -0.2) is 36.7 Å². The number of ether oxygens (including phenoxy) is 1. The summed E-state index contributed by atoms with van der Waals surface area (Å²) in [7, 11) is -2.03. The van der Waals surface area contributed by atoms with Crippen LogP contribution in [-0.2, 0) is 27.8 Å². The van der Waals surface area contributed by atoms with Gasteiger partial charge in [-0.3, -0.25) is 0 Å². The van der Waals surface area contributed by atoms with E-state index in [1.54, 1.807) is 25.4 Å². The summed E-state index contributed by atoms with van der Waals surface area (Å²) >= 11 is 6.82. The second-order valence-electron chi connectivity index (χ2n) is 4.90. The number of hydrogen-bond donors (Lipinski definition) is 1. The van der Waals surface area contributed by atoms with Gasteiger partial charge in [-0.2, -0.15) is 0 Å². The summed E-state index contributed by atoms with van der Waals surface area (Å²) < 4.78 is 34.8. The lowest BCUT2D eigenvalue weighted by molar-refractivity contribution is 0.187. The number of pyridine rings is 1. The van der Waals surface area contributed by atoms with Crippen molar-refractivity contribution in [3.8, 4) is 0 Å². The van der Waals surface area contributed by atoms with Crippen molar-refractivity contribution in [3.05, 3.63) is 40.6 Å². The van der Waals surface area contributed by atoms with Crippen LogP contribution in [0.3, 0.4) is 0 Å². The molecule has 0 aromatic carbocycles. The molecule has 0 radical (unpaired) electrons. The number of rotatable bonds is 7. The normalized spacial score (nSPS) is 12.1. The molecule has 0 aliphatic rings. The lowest BCUT2D eigenvalue weighted by Crippen LogP contribution is -2.24. The van der Waals surface area contributed by atoms with Gasteiger partial charge in [0.1, 0.15) is 15.6 Å². The van der Waals surface area contributed by atoms with Gasteiger partial charge in [-0.15, -0.1) is 11.3 Å². The molecule has 3 aromatic heterocycles. The molecule has 0 atom stereocenters. The number of sulfonamides is 1. The number of hydrogen-bond acceptors (Lipinski definition) is 6. The van der Waals surface area contributed by atoms with Gasteiger partial charge in [-0.1, -0.05) is 11.6 Å². The Morgan fingerprint density at radius 1 is 1.38 bits per heavy atom. The van der Waals surface area contributed by atoms with Crippen LogP contribution in [0.25, 0.3) is 11.2 Å². The summed E-state index contributed by atoms with van der Waals surface area (Å²) in [5.74, 6) is 0.576. The van der Waals surface area contributed by atoms with Gasteiger partial charge < -0.3 is 9.30 Å². The van der Waals surface area contributed by atoms with Gasteiger partial charge in [0.2, 0.25) is 0 Å². The highest BCUT2D eigenvalue weighted by Gasteiger charge is 2.19. The Balaban J connectivity index is 1.86. The first kappa shape index (κ1) is 17.3. The van der Waals surface area contributed by atoms with Gasteiger partial charge in [0.15, 0.2) is 5.65 Å². The van der Waals surface area contributed by atoms with E-state index in [0.29, 0.717) is 34.5 Å². The molecule has 0 saturated carbocycles. The molecule has 0 amide bonds. The van der Waals surface area contributed by atoms with Gasteiger partial charge in [0.05, 0.1) is 17.5 Å². The van der Waals surface area contributed by atoms with Crippen molar-refractivity contribution < 1.29 is 13.2 Å². The highest BCUT2D eigenvalue weighted by atomic mass is 35.5. The van der Waals surface area contributed by atoms with Crippen molar-refractivity contribution in [2.24, 2.45) is 0 Å². The number of imidazole rings is 1. The van der Waals surface area contributed by atoms with Gasteiger partial charge in [-0.25, -0.2) is 23.1 Å². The van der Waals surface area contributed by atoms with Gasteiger partial charge in [0, 0.05) is 19.9 Å². The van der Waals surface area contributed by atoms with Crippen LogP contribution in [0.4, 0.5) is 0 Å². The number of aromatic nitrogens is 3. The Morgan fingerprint density at radius 3 is 2.92 bits per heavy atom. The van der Waals surface area contributed by atoms with Gasteiger partial charge in [0.25, 0.3) is 10.0 Å². The fourth-order valence-electron chi connectivity index (χ4n) is 2.23. The molecule has 0 fully saturated rings. The van der Waals surface area contributed by atoms with Crippen molar-refractivity contribution in [3.63, 3.8) is 0 Å². The smallest absolute Gasteiger partial charge is 0.250 e. The van der Waals surface area contributed by atoms with E-state index in [9.17, 15) is 8.42 Å². The van der Waals surface area contributed by atoms with Gasteiger partial charge >= 0.3 is 0 Å².